The quantitative estimate of drug-likeness (QED) is 0.776. The second-order valence-corrected chi connectivity index (χ2v) is 8.08. The van der Waals surface area contributed by atoms with Gasteiger partial charge in [-0.25, -0.2) is 18.1 Å². The Labute approximate surface area is 129 Å². The number of nitrogens with zero attached hydrogens (tertiary/aromatic N) is 2. The number of urea groups is 1. The lowest BCUT2D eigenvalue weighted by atomic mass is 9.93. The molecule has 3 amide bonds. The number of fused-ring (bicyclic) bond motifs is 1. The molecule has 3 rings (SSSR count). The van der Waals surface area contributed by atoms with Gasteiger partial charge < -0.3 is 4.90 Å². The standard InChI is InChI=1S/C15H18N2O4S/c1-10-7-8-16-13(9-10)14(18)17(15(16)19)11-3-5-12(6-4-11)22(2,20)21/h3-6,10,13H,7-9H2,1-2H3/t10-,13-/m0/s1. The number of carbonyl (C=O) groups is 2. The fourth-order valence-corrected chi connectivity index (χ4v) is 3.69. The fourth-order valence-electron chi connectivity index (χ4n) is 3.06. The fraction of sp³-hybridized carbons (Fsp3) is 0.467. The molecule has 0 N–H and O–H groups in total. The van der Waals surface area contributed by atoms with Crippen LogP contribution in [-0.2, 0) is 14.6 Å². The van der Waals surface area contributed by atoms with Crippen molar-refractivity contribution in [3.05, 3.63) is 24.3 Å². The lowest BCUT2D eigenvalue weighted by Crippen LogP contribution is -2.41. The number of anilines is 1. The monoisotopic (exact) mass is 322 g/mol. The van der Waals surface area contributed by atoms with Gasteiger partial charge in [0.15, 0.2) is 9.84 Å². The first-order chi connectivity index (χ1) is 10.3. The van der Waals surface area contributed by atoms with E-state index >= 15 is 0 Å². The molecule has 2 fully saturated rings. The van der Waals surface area contributed by atoms with Crippen molar-refractivity contribution in [1.82, 2.24) is 4.90 Å². The predicted octanol–water partition coefficient (Wildman–Crippen LogP) is 1.66. The van der Waals surface area contributed by atoms with Crippen molar-refractivity contribution in [2.75, 3.05) is 17.7 Å². The van der Waals surface area contributed by atoms with Gasteiger partial charge in [0.05, 0.1) is 10.6 Å². The van der Waals surface area contributed by atoms with Crippen molar-refractivity contribution >= 4 is 27.5 Å². The van der Waals surface area contributed by atoms with Gasteiger partial charge in [-0.05, 0) is 43.0 Å². The Bertz CT molecular complexity index is 726. The highest BCUT2D eigenvalue weighted by molar-refractivity contribution is 7.90. The third kappa shape index (κ3) is 2.39. The van der Waals surface area contributed by atoms with Crippen molar-refractivity contribution in [2.45, 2.75) is 30.7 Å². The molecule has 118 valence electrons. The third-order valence-corrected chi connectivity index (χ3v) is 5.46. The number of imide groups is 1. The summed E-state index contributed by atoms with van der Waals surface area (Å²) in [5.41, 5.74) is 0.421. The third-order valence-electron chi connectivity index (χ3n) is 4.33. The van der Waals surface area contributed by atoms with Crippen LogP contribution >= 0.6 is 0 Å². The number of hydrogen-bond acceptors (Lipinski definition) is 4. The van der Waals surface area contributed by atoms with Gasteiger partial charge in [0.1, 0.15) is 6.04 Å². The molecular weight excluding hydrogens is 304 g/mol. The Hall–Kier alpha value is -1.89. The van der Waals surface area contributed by atoms with E-state index in [-0.39, 0.29) is 22.9 Å². The molecule has 0 aromatic heterocycles. The van der Waals surface area contributed by atoms with Gasteiger partial charge in [-0.2, -0.15) is 0 Å². The number of carbonyl (C=O) groups excluding carboxylic acids is 2. The minimum Gasteiger partial charge on any atom is -0.312 e. The normalized spacial score (nSPS) is 25.5. The molecule has 2 saturated heterocycles. The molecule has 0 spiro atoms. The van der Waals surface area contributed by atoms with Crippen molar-refractivity contribution in [3.8, 4) is 0 Å². The second kappa shape index (κ2) is 5.08. The maximum Gasteiger partial charge on any atom is 0.332 e. The lowest BCUT2D eigenvalue weighted by molar-refractivity contribution is -0.120. The van der Waals surface area contributed by atoms with Crippen molar-refractivity contribution in [1.29, 1.82) is 0 Å². The summed E-state index contributed by atoms with van der Waals surface area (Å²) in [7, 11) is -3.30. The van der Waals surface area contributed by atoms with E-state index in [0.29, 0.717) is 24.6 Å². The average molecular weight is 322 g/mol. The Morgan fingerprint density at radius 3 is 2.36 bits per heavy atom. The van der Waals surface area contributed by atoms with Crippen LogP contribution in [0.15, 0.2) is 29.2 Å². The van der Waals surface area contributed by atoms with Crippen molar-refractivity contribution in [2.24, 2.45) is 5.92 Å². The summed E-state index contributed by atoms with van der Waals surface area (Å²) >= 11 is 0. The molecule has 0 bridgehead atoms. The van der Waals surface area contributed by atoms with Crippen LogP contribution in [0.1, 0.15) is 19.8 Å². The summed E-state index contributed by atoms with van der Waals surface area (Å²) in [5, 5.41) is 0. The summed E-state index contributed by atoms with van der Waals surface area (Å²) in [5.74, 6) is 0.203. The van der Waals surface area contributed by atoms with Gasteiger partial charge in [0.25, 0.3) is 5.91 Å². The first-order valence-electron chi connectivity index (χ1n) is 7.23. The van der Waals surface area contributed by atoms with Gasteiger partial charge in [-0.1, -0.05) is 6.92 Å². The highest BCUT2D eigenvalue weighted by Crippen LogP contribution is 2.33. The molecule has 0 radical (unpaired) electrons. The van der Waals surface area contributed by atoms with E-state index in [9.17, 15) is 18.0 Å². The predicted molar refractivity (Wildman–Crippen MR) is 81.3 cm³/mol. The van der Waals surface area contributed by atoms with E-state index in [2.05, 4.69) is 6.92 Å². The van der Waals surface area contributed by atoms with Crippen LogP contribution in [-0.4, -0.2) is 44.1 Å². The lowest BCUT2D eigenvalue weighted by Gasteiger charge is -2.30. The van der Waals surface area contributed by atoms with E-state index in [1.54, 1.807) is 4.90 Å². The van der Waals surface area contributed by atoms with Gasteiger partial charge in [0.2, 0.25) is 0 Å². The van der Waals surface area contributed by atoms with E-state index in [0.717, 1.165) is 17.6 Å². The SMILES string of the molecule is C[C@H]1CCN2C(=O)N(c3ccc(S(C)(=O)=O)cc3)C(=O)[C@@H]2C1. The largest absolute Gasteiger partial charge is 0.332 e. The van der Waals surface area contributed by atoms with Gasteiger partial charge in [-0.3, -0.25) is 4.79 Å². The molecule has 2 atom stereocenters. The Morgan fingerprint density at radius 2 is 1.77 bits per heavy atom. The van der Waals surface area contributed by atoms with E-state index < -0.39 is 9.84 Å². The molecule has 7 heteroatoms. The summed E-state index contributed by atoms with van der Waals surface area (Å²) in [4.78, 5) is 27.9. The maximum absolute atomic E-state index is 12.5. The maximum atomic E-state index is 12.5. The van der Waals surface area contributed by atoms with Gasteiger partial charge >= 0.3 is 6.03 Å². The number of rotatable bonds is 2. The highest BCUT2D eigenvalue weighted by Gasteiger charge is 2.47. The number of piperidine rings is 1. The zero-order chi connectivity index (χ0) is 16.1. The highest BCUT2D eigenvalue weighted by atomic mass is 32.2. The molecule has 0 unspecified atom stereocenters. The Balaban J connectivity index is 1.92. The zero-order valence-corrected chi connectivity index (χ0v) is 13.3. The summed E-state index contributed by atoms with van der Waals surface area (Å²) in [6, 6.07) is 5.16. The molecule has 2 heterocycles. The molecule has 1 aromatic rings. The molecule has 0 saturated carbocycles. The molecule has 1 aromatic carbocycles. The van der Waals surface area contributed by atoms with Crippen LogP contribution in [0.4, 0.5) is 10.5 Å². The topological polar surface area (TPSA) is 74.8 Å². The number of hydrogen-bond donors (Lipinski definition) is 0. The van der Waals surface area contributed by atoms with Crippen molar-refractivity contribution < 1.29 is 18.0 Å². The first kappa shape index (κ1) is 15.0. The van der Waals surface area contributed by atoms with Gasteiger partial charge in [0, 0.05) is 12.8 Å². The zero-order valence-electron chi connectivity index (χ0n) is 12.5. The Kier molecular flexibility index (Phi) is 3.47. The minimum atomic E-state index is -3.30. The summed E-state index contributed by atoms with van der Waals surface area (Å²) < 4.78 is 23.0. The van der Waals surface area contributed by atoms with Crippen molar-refractivity contribution in [3.63, 3.8) is 0 Å². The first-order valence-corrected chi connectivity index (χ1v) is 9.13. The van der Waals surface area contributed by atoms with Crippen LogP contribution in [0.5, 0.6) is 0 Å². The summed E-state index contributed by atoms with van der Waals surface area (Å²) in [6.07, 6.45) is 2.70. The van der Waals surface area contributed by atoms with E-state index in [1.807, 2.05) is 0 Å². The number of sulfone groups is 1. The molecular formula is C15H18N2O4S. The van der Waals surface area contributed by atoms with Crippen LogP contribution in [0.25, 0.3) is 0 Å². The van der Waals surface area contributed by atoms with E-state index in [1.165, 1.54) is 24.3 Å². The van der Waals surface area contributed by atoms with E-state index in [4.69, 9.17) is 0 Å². The average Bonchev–Trinajstić information content (AvgIpc) is 2.70. The smallest absolute Gasteiger partial charge is 0.312 e. The number of benzene rings is 1. The van der Waals surface area contributed by atoms with Crippen LogP contribution in [0, 0.1) is 5.92 Å². The second-order valence-electron chi connectivity index (χ2n) is 6.06. The molecule has 0 aliphatic carbocycles. The van der Waals surface area contributed by atoms with Crippen LogP contribution in [0.2, 0.25) is 0 Å². The molecule has 6 nitrogen and oxygen atoms in total. The Morgan fingerprint density at radius 1 is 1.14 bits per heavy atom. The van der Waals surface area contributed by atoms with Crippen LogP contribution < -0.4 is 4.90 Å². The minimum absolute atomic E-state index is 0.168. The molecule has 2 aliphatic heterocycles. The number of amides is 3. The molecule has 2 aliphatic rings. The molecule has 22 heavy (non-hydrogen) atoms. The summed E-state index contributed by atoms with van der Waals surface area (Å²) in [6.45, 7) is 2.67. The van der Waals surface area contributed by atoms with Crippen LogP contribution in [0.3, 0.4) is 0 Å². The van der Waals surface area contributed by atoms with Gasteiger partial charge in [-0.15, -0.1) is 0 Å².